The number of nitrogens with zero attached hydrogens (tertiary/aromatic N) is 1. The van der Waals surface area contributed by atoms with Crippen molar-refractivity contribution in [1.29, 1.82) is 0 Å². The second kappa shape index (κ2) is 10.9. The number of carbonyl (C=O) groups is 2. The highest BCUT2D eigenvalue weighted by atomic mass is 19.4. The maximum absolute atomic E-state index is 12.7. The molecular weight excluding hydrogens is 485 g/mol. The lowest BCUT2D eigenvalue weighted by atomic mass is 10.0. The van der Waals surface area contributed by atoms with Crippen molar-refractivity contribution in [3.63, 3.8) is 0 Å². The summed E-state index contributed by atoms with van der Waals surface area (Å²) in [4.78, 5) is 28.1. The average molecular weight is 506 g/mol. The minimum absolute atomic E-state index is 0.0468. The van der Waals surface area contributed by atoms with E-state index in [1.54, 1.807) is 0 Å². The fraction of sp³-hybridized carbons (Fsp3) is 0.107. The van der Waals surface area contributed by atoms with Gasteiger partial charge in [0, 0.05) is 24.2 Å². The molecule has 0 aliphatic rings. The highest BCUT2D eigenvalue weighted by Gasteiger charge is 2.30. The average Bonchev–Trinajstić information content (AvgIpc) is 2.89. The van der Waals surface area contributed by atoms with Gasteiger partial charge in [0.25, 0.3) is 5.91 Å². The Morgan fingerprint density at radius 3 is 2.08 bits per heavy atom. The van der Waals surface area contributed by atoms with Gasteiger partial charge in [0.05, 0.1) is 5.56 Å². The fourth-order valence-corrected chi connectivity index (χ4v) is 3.54. The molecule has 6 nitrogen and oxygen atoms in total. The largest absolute Gasteiger partial charge is 0.480 e. The third-order valence-corrected chi connectivity index (χ3v) is 5.51. The monoisotopic (exact) mass is 506 g/mol. The van der Waals surface area contributed by atoms with Crippen LogP contribution in [0, 0.1) is 0 Å². The van der Waals surface area contributed by atoms with Crippen molar-refractivity contribution in [2.45, 2.75) is 18.6 Å². The molecule has 1 atom stereocenters. The molecule has 0 aliphatic carbocycles. The second-order valence-electron chi connectivity index (χ2n) is 8.14. The van der Waals surface area contributed by atoms with Crippen molar-refractivity contribution in [2.24, 2.45) is 0 Å². The van der Waals surface area contributed by atoms with Gasteiger partial charge in [0.1, 0.15) is 11.8 Å². The maximum Gasteiger partial charge on any atom is 0.417 e. The van der Waals surface area contributed by atoms with Crippen LogP contribution >= 0.6 is 0 Å². The van der Waals surface area contributed by atoms with Gasteiger partial charge in [-0.3, -0.25) is 4.79 Å². The molecule has 9 heteroatoms. The zero-order chi connectivity index (χ0) is 26.4. The van der Waals surface area contributed by atoms with Crippen LogP contribution in [0.5, 0.6) is 11.6 Å². The number of amides is 1. The molecule has 188 valence electrons. The number of carboxylic acid groups (broad SMARTS) is 1. The number of rotatable bonds is 8. The fourth-order valence-electron chi connectivity index (χ4n) is 3.54. The molecule has 3 aromatic carbocycles. The third-order valence-electron chi connectivity index (χ3n) is 5.51. The Morgan fingerprint density at radius 2 is 1.51 bits per heavy atom. The number of aromatic nitrogens is 1. The molecule has 0 spiro atoms. The number of halogens is 3. The van der Waals surface area contributed by atoms with E-state index in [0.29, 0.717) is 6.20 Å². The van der Waals surface area contributed by atoms with Crippen LogP contribution in [0.15, 0.2) is 97.2 Å². The lowest BCUT2D eigenvalue weighted by molar-refractivity contribution is -0.139. The zero-order valence-corrected chi connectivity index (χ0v) is 19.3. The number of ether oxygens (including phenoxy) is 1. The Hall–Kier alpha value is -4.66. The van der Waals surface area contributed by atoms with E-state index in [1.165, 1.54) is 24.3 Å². The first-order chi connectivity index (χ1) is 17.7. The summed E-state index contributed by atoms with van der Waals surface area (Å²) < 4.78 is 43.4. The highest BCUT2D eigenvalue weighted by Crippen LogP contribution is 2.30. The Kier molecular flexibility index (Phi) is 7.52. The van der Waals surface area contributed by atoms with Crippen LogP contribution in [0.1, 0.15) is 21.5 Å². The van der Waals surface area contributed by atoms with Crippen LogP contribution in [0.4, 0.5) is 13.2 Å². The highest BCUT2D eigenvalue weighted by molar-refractivity contribution is 5.96. The Bertz CT molecular complexity index is 1360. The van der Waals surface area contributed by atoms with Crippen molar-refractivity contribution < 1.29 is 32.6 Å². The summed E-state index contributed by atoms with van der Waals surface area (Å²) in [7, 11) is 0. The third kappa shape index (κ3) is 6.72. The van der Waals surface area contributed by atoms with Crippen molar-refractivity contribution in [2.75, 3.05) is 0 Å². The number of benzene rings is 3. The van der Waals surface area contributed by atoms with Crippen molar-refractivity contribution >= 4 is 11.9 Å². The Balaban J connectivity index is 1.37. The van der Waals surface area contributed by atoms with Crippen molar-refractivity contribution in [1.82, 2.24) is 10.3 Å². The quantitative estimate of drug-likeness (QED) is 0.307. The number of hydrogen-bond acceptors (Lipinski definition) is 4. The van der Waals surface area contributed by atoms with E-state index < -0.39 is 29.7 Å². The summed E-state index contributed by atoms with van der Waals surface area (Å²) in [6.45, 7) is 0. The molecule has 4 aromatic rings. The van der Waals surface area contributed by atoms with E-state index in [4.69, 9.17) is 4.74 Å². The molecule has 1 amide bonds. The van der Waals surface area contributed by atoms with E-state index >= 15 is 0 Å². The minimum Gasteiger partial charge on any atom is -0.480 e. The predicted octanol–water partition coefficient (Wildman–Crippen LogP) is 5.99. The summed E-state index contributed by atoms with van der Waals surface area (Å²) in [5.74, 6) is -1.56. The summed E-state index contributed by atoms with van der Waals surface area (Å²) in [5.41, 5.74) is 2.08. The van der Waals surface area contributed by atoms with Crippen LogP contribution in [0.3, 0.4) is 0 Å². The molecule has 0 fully saturated rings. The van der Waals surface area contributed by atoms with Gasteiger partial charge in [0.2, 0.25) is 5.88 Å². The maximum atomic E-state index is 12.7. The van der Waals surface area contributed by atoms with E-state index in [0.717, 1.165) is 28.8 Å². The smallest absolute Gasteiger partial charge is 0.417 e. The predicted molar refractivity (Wildman–Crippen MR) is 130 cm³/mol. The number of carbonyl (C=O) groups excluding carboxylic acids is 1. The van der Waals surface area contributed by atoms with Crippen LogP contribution in [0.2, 0.25) is 0 Å². The molecule has 2 N–H and O–H groups in total. The molecule has 0 aliphatic heterocycles. The lowest BCUT2D eigenvalue weighted by Crippen LogP contribution is -2.42. The van der Waals surface area contributed by atoms with Crippen LogP contribution < -0.4 is 10.1 Å². The molecule has 0 bridgehead atoms. The summed E-state index contributed by atoms with van der Waals surface area (Å²) in [5, 5.41) is 12.1. The first-order valence-electron chi connectivity index (χ1n) is 11.2. The minimum atomic E-state index is -4.50. The molecular formula is C28H21F3N2O4. The number of nitrogens with one attached hydrogen (secondary N) is 1. The van der Waals surface area contributed by atoms with Gasteiger partial charge in [-0.1, -0.05) is 54.6 Å². The number of hydrogen-bond donors (Lipinski definition) is 2. The molecule has 1 heterocycles. The molecule has 0 saturated carbocycles. The number of alkyl halides is 3. The van der Waals surface area contributed by atoms with Crippen molar-refractivity contribution in [3.8, 4) is 22.8 Å². The summed E-state index contributed by atoms with van der Waals surface area (Å²) in [6, 6.07) is 23.7. The van der Waals surface area contributed by atoms with Gasteiger partial charge >= 0.3 is 12.1 Å². The van der Waals surface area contributed by atoms with Crippen LogP contribution in [-0.4, -0.2) is 28.0 Å². The summed E-state index contributed by atoms with van der Waals surface area (Å²) in [6.07, 6.45) is -3.74. The molecule has 0 unspecified atom stereocenters. The second-order valence-corrected chi connectivity index (χ2v) is 8.14. The Labute approximate surface area is 210 Å². The van der Waals surface area contributed by atoms with Gasteiger partial charge in [-0.25, -0.2) is 9.78 Å². The number of aliphatic carboxylic acids is 1. The topological polar surface area (TPSA) is 88.5 Å². The van der Waals surface area contributed by atoms with Gasteiger partial charge in [0.15, 0.2) is 0 Å². The first kappa shape index (κ1) is 25.4. The van der Waals surface area contributed by atoms with Crippen LogP contribution in [-0.2, 0) is 17.4 Å². The van der Waals surface area contributed by atoms with E-state index in [2.05, 4.69) is 10.3 Å². The molecule has 1 aromatic heterocycles. The molecule has 37 heavy (non-hydrogen) atoms. The van der Waals surface area contributed by atoms with Gasteiger partial charge < -0.3 is 15.2 Å². The molecule has 0 radical (unpaired) electrons. The normalized spacial score (nSPS) is 12.0. The molecule has 0 saturated heterocycles. The van der Waals surface area contributed by atoms with Crippen LogP contribution in [0.25, 0.3) is 11.1 Å². The van der Waals surface area contributed by atoms with Gasteiger partial charge in [-0.05, 0) is 47.0 Å². The van der Waals surface area contributed by atoms with E-state index in [-0.39, 0.29) is 23.6 Å². The molecule has 4 rings (SSSR count). The first-order valence-corrected chi connectivity index (χ1v) is 11.2. The lowest BCUT2D eigenvalue weighted by Gasteiger charge is -2.15. The SMILES string of the molecule is O=C(N[C@@H](Cc1ccc(-c2ccccc2)cc1)C(=O)O)c1ccc(Oc2ccc(C(F)(F)F)cn2)cc1. The van der Waals surface area contributed by atoms with Gasteiger partial charge in [-0.2, -0.15) is 13.2 Å². The van der Waals surface area contributed by atoms with E-state index in [9.17, 15) is 27.9 Å². The van der Waals surface area contributed by atoms with E-state index in [1.807, 2.05) is 54.6 Å². The summed E-state index contributed by atoms with van der Waals surface area (Å²) >= 11 is 0. The van der Waals surface area contributed by atoms with Gasteiger partial charge in [-0.15, -0.1) is 0 Å². The zero-order valence-electron chi connectivity index (χ0n) is 19.3. The van der Waals surface area contributed by atoms with Crippen molar-refractivity contribution in [3.05, 3.63) is 114 Å². The Morgan fingerprint density at radius 1 is 0.865 bits per heavy atom. The number of carboxylic acids is 1. The number of pyridine rings is 1. The standard InChI is InChI=1S/C28H21F3N2O4/c29-28(30,31)22-12-15-25(32-17-22)37-23-13-10-21(11-14-23)26(34)33-24(27(35)36)16-18-6-8-20(9-7-18)19-4-2-1-3-5-19/h1-15,17,24H,16H2,(H,33,34)(H,35,36)/t24-/m0/s1.